The van der Waals surface area contributed by atoms with Gasteiger partial charge in [-0.05, 0) is 0 Å². The van der Waals surface area contributed by atoms with Crippen LogP contribution in [0.3, 0.4) is 0 Å². The molecule has 0 aliphatic heterocycles. The van der Waals surface area contributed by atoms with E-state index in [1.807, 2.05) is 0 Å². The van der Waals surface area contributed by atoms with Crippen LogP contribution in [0, 0.1) is 0 Å². The molecule has 0 unspecified atom stereocenters. The lowest BCUT2D eigenvalue weighted by molar-refractivity contribution is 0.0940. The van der Waals surface area contributed by atoms with Gasteiger partial charge in [0.25, 0.3) is 5.91 Å². The van der Waals surface area contributed by atoms with Crippen molar-refractivity contribution in [1.82, 2.24) is 21.2 Å². The molecule has 0 saturated carbocycles. The minimum Gasteiger partial charge on any atom is -0.340 e. The van der Waals surface area contributed by atoms with E-state index >= 15 is 0 Å². The molecule has 3 N–H and O–H groups in total. The highest BCUT2D eigenvalue weighted by atomic mass is 32.1. The van der Waals surface area contributed by atoms with Gasteiger partial charge < -0.3 is 5.32 Å². The highest BCUT2D eigenvalue weighted by Crippen LogP contribution is 2.03. The van der Waals surface area contributed by atoms with Crippen molar-refractivity contribution in [2.45, 2.75) is 0 Å². The van der Waals surface area contributed by atoms with Crippen molar-refractivity contribution in [2.24, 2.45) is 0 Å². The van der Waals surface area contributed by atoms with Gasteiger partial charge in [-0.25, -0.2) is 10.2 Å². The molecule has 13 heavy (non-hydrogen) atoms. The molecular weight excluding hydrogens is 192 g/mol. The van der Waals surface area contributed by atoms with Gasteiger partial charge in [0.15, 0.2) is 0 Å². The third-order valence-electron chi connectivity index (χ3n) is 1.17. The largest absolute Gasteiger partial charge is 0.340 e. The number of thiazole rings is 1. The van der Waals surface area contributed by atoms with Gasteiger partial charge in [-0.15, -0.1) is 11.3 Å². The quantitative estimate of drug-likeness (QED) is 0.545. The number of hydrazine groups is 1. The highest BCUT2D eigenvalue weighted by Gasteiger charge is 2.06. The van der Waals surface area contributed by atoms with Crippen molar-refractivity contribution in [3.63, 3.8) is 0 Å². The Balaban J connectivity index is 2.39. The van der Waals surface area contributed by atoms with Gasteiger partial charge in [0.1, 0.15) is 4.88 Å². The predicted octanol–water partition coefficient (Wildman–Crippen LogP) is -0.283. The zero-order chi connectivity index (χ0) is 9.68. The third kappa shape index (κ3) is 2.71. The van der Waals surface area contributed by atoms with E-state index in [2.05, 4.69) is 21.2 Å². The molecule has 0 bridgehead atoms. The molecule has 0 radical (unpaired) electrons. The molecule has 1 rings (SSSR count). The smallest absolute Gasteiger partial charge is 0.333 e. The van der Waals surface area contributed by atoms with Crippen molar-refractivity contribution in [1.29, 1.82) is 0 Å². The lowest BCUT2D eigenvalue weighted by Gasteiger charge is -2.03. The van der Waals surface area contributed by atoms with E-state index in [1.165, 1.54) is 30.1 Å². The van der Waals surface area contributed by atoms with E-state index in [1.54, 1.807) is 0 Å². The first kappa shape index (κ1) is 9.46. The van der Waals surface area contributed by atoms with Gasteiger partial charge in [0, 0.05) is 7.05 Å². The van der Waals surface area contributed by atoms with Crippen molar-refractivity contribution in [2.75, 3.05) is 7.05 Å². The Kier molecular flexibility index (Phi) is 3.21. The lowest BCUT2D eigenvalue weighted by atomic mass is 10.5. The molecule has 0 atom stereocenters. The van der Waals surface area contributed by atoms with E-state index in [-0.39, 0.29) is 5.91 Å². The highest BCUT2D eigenvalue weighted by molar-refractivity contribution is 7.11. The molecule has 1 aromatic rings. The summed E-state index contributed by atoms with van der Waals surface area (Å²) in [5.74, 6) is -0.383. The maximum Gasteiger partial charge on any atom is 0.333 e. The Morgan fingerprint density at radius 2 is 2.23 bits per heavy atom. The Labute approximate surface area is 78.3 Å². The van der Waals surface area contributed by atoms with E-state index in [0.29, 0.717) is 4.88 Å². The first-order chi connectivity index (χ1) is 6.24. The van der Waals surface area contributed by atoms with Crippen LogP contribution in [0.25, 0.3) is 0 Å². The Morgan fingerprint density at radius 1 is 1.46 bits per heavy atom. The Hall–Kier alpha value is -1.63. The predicted molar refractivity (Wildman–Crippen MR) is 47.2 cm³/mol. The molecule has 0 fully saturated rings. The minimum absolute atomic E-state index is 0.383. The van der Waals surface area contributed by atoms with Crippen LogP contribution in [-0.2, 0) is 0 Å². The lowest BCUT2D eigenvalue weighted by Crippen LogP contribution is -2.45. The molecule has 1 heterocycles. The third-order valence-corrected chi connectivity index (χ3v) is 1.94. The van der Waals surface area contributed by atoms with Crippen LogP contribution < -0.4 is 16.2 Å². The zero-order valence-corrected chi connectivity index (χ0v) is 7.64. The monoisotopic (exact) mass is 200 g/mol. The number of carbonyl (C=O) groups is 2. The second-order valence-corrected chi connectivity index (χ2v) is 2.91. The van der Waals surface area contributed by atoms with Crippen LogP contribution in [0.5, 0.6) is 0 Å². The maximum atomic E-state index is 11.1. The number of urea groups is 1. The SMILES string of the molecule is CNC(=O)NNC(=O)c1cncs1. The number of nitrogens with zero attached hydrogens (tertiary/aromatic N) is 1. The fourth-order valence-electron chi connectivity index (χ4n) is 0.566. The minimum atomic E-state index is -0.474. The molecule has 0 saturated heterocycles. The van der Waals surface area contributed by atoms with E-state index in [0.717, 1.165) is 0 Å². The number of carbonyl (C=O) groups excluding carboxylic acids is 2. The molecule has 0 spiro atoms. The van der Waals surface area contributed by atoms with Crippen molar-refractivity contribution < 1.29 is 9.59 Å². The Morgan fingerprint density at radius 3 is 2.77 bits per heavy atom. The summed E-state index contributed by atoms with van der Waals surface area (Å²) in [5.41, 5.74) is 5.89. The summed E-state index contributed by atoms with van der Waals surface area (Å²) in [5, 5.41) is 2.29. The molecule has 0 aliphatic carbocycles. The normalized spacial score (nSPS) is 9.00. The van der Waals surface area contributed by atoms with Gasteiger partial charge >= 0.3 is 6.03 Å². The summed E-state index contributed by atoms with van der Waals surface area (Å²) < 4.78 is 0. The van der Waals surface area contributed by atoms with Gasteiger partial charge in [-0.2, -0.15) is 0 Å². The molecule has 70 valence electrons. The molecule has 3 amide bonds. The molecule has 0 aromatic carbocycles. The fraction of sp³-hybridized carbons (Fsp3) is 0.167. The first-order valence-corrected chi connectivity index (χ1v) is 4.28. The van der Waals surface area contributed by atoms with Crippen molar-refractivity contribution in [3.05, 3.63) is 16.6 Å². The second kappa shape index (κ2) is 4.41. The molecule has 1 aromatic heterocycles. The summed E-state index contributed by atoms with van der Waals surface area (Å²) in [7, 11) is 1.45. The van der Waals surface area contributed by atoms with Crippen LogP contribution in [0.4, 0.5) is 4.79 Å². The first-order valence-electron chi connectivity index (χ1n) is 3.40. The average molecular weight is 200 g/mol. The van der Waals surface area contributed by atoms with Gasteiger partial charge in [-0.1, -0.05) is 0 Å². The van der Waals surface area contributed by atoms with Gasteiger partial charge in [0.2, 0.25) is 0 Å². The van der Waals surface area contributed by atoms with Gasteiger partial charge in [0.05, 0.1) is 11.7 Å². The number of hydrogen-bond acceptors (Lipinski definition) is 4. The van der Waals surface area contributed by atoms with Crippen LogP contribution in [0.2, 0.25) is 0 Å². The average Bonchev–Trinajstić information content (AvgIpc) is 2.66. The summed E-state index contributed by atoms with van der Waals surface area (Å²) in [6.07, 6.45) is 1.42. The summed E-state index contributed by atoms with van der Waals surface area (Å²) in [6, 6.07) is -0.474. The van der Waals surface area contributed by atoms with Crippen molar-refractivity contribution in [3.8, 4) is 0 Å². The van der Waals surface area contributed by atoms with Crippen LogP contribution in [0.1, 0.15) is 9.67 Å². The summed E-state index contributed by atoms with van der Waals surface area (Å²) in [6.45, 7) is 0. The van der Waals surface area contributed by atoms with Crippen LogP contribution in [-0.4, -0.2) is 24.0 Å². The van der Waals surface area contributed by atoms with E-state index < -0.39 is 6.03 Å². The van der Waals surface area contributed by atoms with E-state index in [9.17, 15) is 9.59 Å². The van der Waals surface area contributed by atoms with Crippen molar-refractivity contribution >= 4 is 23.3 Å². The number of hydrogen-bond donors (Lipinski definition) is 3. The molecule has 0 aliphatic rings. The van der Waals surface area contributed by atoms with Crippen LogP contribution in [0.15, 0.2) is 11.7 Å². The zero-order valence-electron chi connectivity index (χ0n) is 6.83. The van der Waals surface area contributed by atoms with E-state index in [4.69, 9.17) is 0 Å². The molecule has 7 heteroatoms. The number of aromatic nitrogens is 1. The standard InChI is InChI=1S/C6H8N4O2S/c1-7-6(12)10-9-5(11)4-2-8-3-13-4/h2-3H,1H3,(H,9,11)(H2,7,10,12). The number of nitrogens with one attached hydrogen (secondary N) is 3. The molecular formula is C6H8N4O2S. The topological polar surface area (TPSA) is 83.1 Å². The number of amides is 3. The Bertz CT molecular complexity index is 298. The molecule has 6 nitrogen and oxygen atoms in total. The van der Waals surface area contributed by atoms with Gasteiger partial charge in [-0.3, -0.25) is 15.2 Å². The van der Waals surface area contributed by atoms with Crippen LogP contribution >= 0.6 is 11.3 Å². The number of rotatable bonds is 1. The summed E-state index contributed by atoms with van der Waals surface area (Å²) >= 11 is 1.20. The second-order valence-electron chi connectivity index (χ2n) is 2.02. The fourth-order valence-corrected chi connectivity index (χ4v) is 1.08. The summed E-state index contributed by atoms with van der Waals surface area (Å²) in [4.78, 5) is 25.9. The maximum absolute atomic E-state index is 11.1.